The van der Waals surface area contributed by atoms with Crippen molar-refractivity contribution in [2.75, 3.05) is 35.7 Å². The van der Waals surface area contributed by atoms with Gasteiger partial charge in [-0.05, 0) is 62.0 Å². The quantitative estimate of drug-likeness (QED) is 0.405. The van der Waals surface area contributed by atoms with E-state index < -0.39 is 0 Å². The number of amides is 1. The number of likely N-dealkylation sites (tertiary alicyclic amines) is 1. The van der Waals surface area contributed by atoms with Gasteiger partial charge in [0.05, 0.1) is 11.4 Å². The van der Waals surface area contributed by atoms with Gasteiger partial charge in [-0.2, -0.15) is 0 Å². The Balaban J connectivity index is 1.14. The molecule has 2 aromatic heterocycles. The number of hydrogen-bond donors (Lipinski definition) is 2. The van der Waals surface area contributed by atoms with Crippen molar-refractivity contribution in [3.63, 3.8) is 0 Å². The van der Waals surface area contributed by atoms with Crippen LogP contribution in [0.2, 0.25) is 0 Å². The molecule has 0 spiro atoms. The van der Waals surface area contributed by atoms with Gasteiger partial charge >= 0.3 is 0 Å². The highest BCUT2D eigenvalue weighted by atomic mass is 19.1. The highest BCUT2D eigenvalue weighted by Crippen LogP contribution is 2.36. The minimum atomic E-state index is -0.254. The zero-order valence-electron chi connectivity index (χ0n) is 20.3. The summed E-state index contributed by atoms with van der Waals surface area (Å²) in [6.45, 7) is 1.83. The number of halogens is 1. The zero-order valence-corrected chi connectivity index (χ0v) is 20.3. The normalized spacial score (nSPS) is 18.7. The minimum Gasteiger partial charge on any atom is -0.363 e. The van der Waals surface area contributed by atoms with Crippen LogP contribution in [0.4, 0.5) is 27.5 Å². The summed E-state index contributed by atoms with van der Waals surface area (Å²) in [4.78, 5) is 30.0. The molecule has 6 rings (SSSR count). The van der Waals surface area contributed by atoms with Crippen LogP contribution in [0.5, 0.6) is 0 Å². The van der Waals surface area contributed by atoms with Gasteiger partial charge < -0.3 is 15.5 Å². The summed E-state index contributed by atoms with van der Waals surface area (Å²) in [5.74, 6) is 0.363. The molecule has 2 bridgehead atoms. The molecule has 2 aliphatic heterocycles. The number of hydrogen-bond acceptors (Lipinski definition) is 7. The number of likely N-dealkylation sites (N-methyl/N-ethyl adjacent to an activating group) is 1. The van der Waals surface area contributed by atoms with Crippen LogP contribution < -0.4 is 15.5 Å². The van der Waals surface area contributed by atoms with Crippen LogP contribution in [0, 0.1) is 5.82 Å². The van der Waals surface area contributed by atoms with Gasteiger partial charge in [0.2, 0.25) is 5.95 Å². The van der Waals surface area contributed by atoms with Crippen molar-refractivity contribution in [3.05, 3.63) is 90.5 Å². The molecule has 2 N–H and O–H groups in total. The first kappa shape index (κ1) is 23.1. The van der Waals surface area contributed by atoms with Crippen LogP contribution in [0.3, 0.4) is 0 Å². The predicted octanol–water partition coefficient (Wildman–Crippen LogP) is 4.57. The number of nitrogens with zero attached hydrogens (tertiary/aromatic N) is 5. The Kier molecular flexibility index (Phi) is 5.97. The molecule has 9 heteroatoms. The molecule has 4 aromatic rings. The SMILES string of the molecule is CN1C[C@@H]2C[C@H]1CN2c1ccc(Nc2nccc(-c3ccc(C(=O)Nc4ccccn4)cc3)n2)cc1F. The molecule has 2 aliphatic rings. The number of nitrogens with one attached hydrogen (secondary N) is 2. The van der Waals surface area contributed by atoms with E-state index in [1.165, 1.54) is 6.07 Å². The van der Waals surface area contributed by atoms with Crippen molar-refractivity contribution in [2.45, 2.75) is 18.5 Å². The standard InChI is InChI=1S/C28H26FN7O/c1-35-16-22-15-21(35)17-36(22)25-10-9-20(14-23(25)29)32-28-31-13-11-24(33-28)18-5-7-19(8-6-18)27(37)34-26-4-2-3-12-30-26/h2-14,21-22H,15-17H2,1H3,(H,30,34,37)(H,31,32,33)/t21-,22-/m0/s1. The average molecular weight is 496 g/mol. The maximum Gasteiger partial charge on any atom is 0.256 e. The average Bonchev–Trinajstić information content (AvgIpc) is 3.49. The Morgan fingerprint density at radius 2 is 1.84 bits per heavy atom. The Morgan fingerprint density at radius 1 is 0.973 bits per heavy atom. The number of carbonyl (C=O) groups is 1. The van der Waals surface area contributed by atoms with Gasteiger partial charge in [0.1, 0.15) is 11.6 Å². The summed E-state index contributed by atoms with van der Waals surface area (Å²) >= 11 is 0. The number of fused-ring (bicyclic) bond motifs is 2. The number of aromatic nitrogens is 3. The Labute approximate surface area is 214 Å². The van der Waals surface area contributed by atoms with Crippen molar-refractivity contribution in [2.24, 2.45) is 0 Å². The molecule has 0 unspecified atom stereocenters. The second kappa shape index (κ2) is 9.59. The van der Waals surface area contributed by atoms with Gasteiger partial charge in [-0.25, -0.2) is 19.3 Å². The number of benzene rings is 2. The van der Waals surface area contributed by atoms with Crippen LogP contribution >= 0.6 is 0 Å². The molecule has 37 heavy (non-hydrogen) atoms. The molecular weight excluding hydrogens is 469 g/mol. The van der Waals surface area contributed by atoms with Gasteiger partial charge in [0, 0.05) is 54.4 Å². The highest BCUT2D eigenvalue weighted by Gasteiger charge is 2.42. The maximum absolute atomic E-state index is 15.0. The molecule has 4 heterocycles. The number of rotatable bonds is 6. The lowest BCUT2D eigenvalue weighted by Crippen LogP contribution is -2.44. The van der Waals surface area contributed by atoms with Gasteiger partial charge in [-0.3, -0.25) is 9.69 Å². The summed E-state index contributed by atoms with van der Waals surface area (Å²) in [5, 5.41) is 5.88. The number of anilines is 4. The van der Waals surface area contributed by atoms with Crippen LogP contribution in [0.1, 0.15) is 16.8 Å². The second-order valence-electron chi connectivity index (χ2n) is 9.44. The van der Waals surface area contributed by atoms with Crippen LogP contribution in [0.25, 0.3) is 11.3 Å². The molecule has 2 aromatic carbocycles. The summed E-state index contributed by atoms with van der Waals surface area (Å²) in [7, 11) is 2.13. The first-order valence-corrected chi connectivity index (χ1v) is 12.2. The Morgan fingerprint density at radius 3 is 2.54 bits per heavy atom. The summed E-state index contributed by atoms with van der Waals surface area (Å²) in [6, 6.07) is 20.3. The predicted molar refractivity (Wildman–Crippen MR) is 142 cm³/mol. The molecule has 2 saturated heterocycles. The van der Waals surface area contributed by atoms with E-state index in [-0.39, 0.29) is 11.7 Å². The first-order chi connectivity index (χ1) is 18.0. The molecule has 2 atom stereocenters. The van der Waals surface area contributed by atoms with Crippen molar-refractivity contribution >= 4 is 29.0 Å². The third-order valence-corrected chi connectivity index (χ3v) is 7.03. The van der Waals surface area contributed by atoms with E-state index in [4.69, 9.17) is 0 Å². The molecular formula is C28H26FN7O. The second-order valence-corrected chi connectivity index (χ2v) is 9.44. The van der Waals surface area contributed by atoms with Crippen molar-refractivity contribution in [3.8, 4) is 11.3 Å². The molecule has 0 radical (unpaired) electrons. The van der Waals surface area contributed by atoms with Gasteiger partial charge in [-0.15, -0.1) is 0 Å². The fourth-order valence-electron chi connectivity index (χ4n) is 5.10. The fraction of sp³-hybridized carbons (Fsp3) is 0.214. The summed E-state index contributed by atoms with van der Waals surface area (Å²) in [5.41, 5.74) is 3.25. The van der Waals surface area contributed by atoms with E-state index >= 15 is 4.39 Å². The van der Waals surface area contributed by atoms with E-state index in [1.807, 2.05) is 30.3 Å². The Hall–Kier alpha value is -4.37. The molecule has 8 nitrogen and oxygen atoms in total. The smallest absolute Gasteiger partial charge is 0.256 e. The lowest BCUT2D eigenvalue weighted by Gasteiger charge is -2.33. The van der Waals surface area contributed by atoms with E-state index in [0.717, 1.165) is 25.1 Å². The van der Waals surface area contributed by atoms with E-state index in [9.17, 15) is 4.79 Å². The van der Waals surface area contributed by atoms with Gasteiger partial charge in [-0.1, -0.05) is 18.2 Å². The number of carbonyl (C=O) groups excluding carboxylic acids is 1. The third-order valence-electron chi connectivity index (χ3n) is 7.03. The largest absolute Gasteiger partial charge is 0.363 e. The number of pyridine rings is 1. The maximum atomic E-state index is 15.0. The number of piperazine rings is 1. The molecule has 186 valence electrons. The fourth-order valence-corrected chi connectivity index (χ4v) is 5.10. The summed E-state index contributed by atoms with van der Waals surface area (Å²) < 4.78 is 15.0. The van der Waals surface area contributed by atoms with Gasteiger partial charge in [0.15, 0.2) is 0 Å². The van der Waals surface area contributed by atoms with Crippen molar-refractivity contribution in [1.29, 1.82) is 0 Å². The lowest BCUT2D eigenvalue weighted by molar-refractivity contribution is 0.102. The topological polar surface area (TPSA) is 86.3 Å². The molecule has 0 aliphatic carbocycles. The minimum absolute atomic E-state index is 0.241. The molecule has 0 saturated carbocycles. The van der Waals surface area contributed by atoms with Crippen LogP contribution in [-0.2, 0) is 0 Å². The monoisotopic (exact) mass is 495 g/mol. The van der Waals surface area contributed by atoms with Gasteiger partial charge in [0.25, 0.3) is 5.91 Å². The van der Waals surface area contributed by atoms with Crippen molar-refractivity contribution in [1.82, 2.24) is 19.9 Å². The van der Waals surface area contributed by atoms with E-state index in [0.29, 0.717) is 46.5 Å². The first-order valence-electron chi connectivity index (χ1n) is 12.2. The highest BCUT2D eigenvalue weighted by molar-refractivity contribution is 6.03. The van der Waals surface area contributed by atoms with E-state index in [1.54, 1.807) is 42.7 Å². The molecule has 1 amide bonds. The molecule has 2 fully saturated rings. The lowest BCUT2D eigenvalue weighted by atomic mass is 10.1. The Bertz CT molecular complexity index is 1430. The zero-order chi connectivity index (χ0) is 25.4. The summed E-state index contributed by atoms with van der Waals surface area (Å²) in [6.07, 6.45) is 4.36. The van der Waals surface area contributed by atoms with Crippen LogP contribution in [-0.4, -0.2) is 58.0 Å². The van der Waals surface area contributed by atoms with E-state index in [2.05, 4.69) is 42.4 Å². The van der Waals surface area contributed by atoms with Crippen LogP contribution in [0.15, 0.2) is 79.1 Å². The van der Waals surface area contributed by atoms with Crippen molar-refractivity contribution < 1.29 is 9.18 Å². The third kappa shape index (κ3) is 4.73.